The van der Waals surface area contributed by atoms with E-state index in [9.17, 15) is 13.2 Å². The van der Waals surface area contributed by atoms with Gasteiger partial charge in [0.1, 0.15) is 5.82 Å². The molecule has 1 heterocycles. The molecule has 0 spiro atoms. The third kappa shape index (κ3) is 3.68. The molecule has 8 heteroatoms. The lowest BCUT2D eigenvalue weighted by Crippen LogP contribution is -2.04. The van der Waals surface area contributed by atoms with Gasteiger partial charge in [0.05, 0.1) is 11.8 Å². The summed E-state index contributed by atoms with van der Waals surface area (Å²) in [7, 11) is 0. The van der Waals surface area contributed by atoms with Gasteiger partial charge in [-0.25, -0.2) is 4.98 Å². The van der Waals surface area contributed by atoms with Crippen molar-refractivity contribution in [1.82, 2.24) is 4.98 Å². The number of rotatable bonds is 3. The van der Waals surface area contributed by atoms with Gasteiger partial charge in [0, 0.05) is 5.38 Å². The van der Waals surface area contributed by atoms with Gasteiger partial charge in [-0.2, -0.15) is 18.3 Å². The number of nitrogens with one attached hydrogen (secondary N) is 1. The van der Waals surface area contributed by atoms with Gasteiger partial charge in [0.2, 0.25) is 5.13 Å². The van der Waals surface area contributed by atoms with Crippen molar-refractivity contribution < 1.29 is 13.2 Å². The largest absolute Gasteiger partial charge is 0.416 e. The SMILES string of the molecule is Nc1csc(NN=Cc2ccc(C(F)(F)F)cc2)n1. The van der Waals surface area contributed by atoms with E-state index < -0.39 is 11.7 Å². The fourth-order valence-electron chi connectivity index (χ4n) is 1.26. The summed E-state index contributed by atoms with van der Waals surface area (Å²) in [6, 6.07) is 4.68. The van der Waals surface area contributed by atoms with E-state index in [4.69, 9.17) is 5.73 Å². The zero-order valence-corrected chi connectivity index (χ0v) is 10.3. The molecule has 1 aromatic carbocycles. The number of hydrazone groups is 1. The predicted octanol–water partition coefficient (Wildman–Crippen LogP) is 3.19. The Balaban J connectivity index is 1.99. The molecule has 0 aliphatic heterocycles. The van der Waals surface area contributed by atoms with E-state index in [-0.39, 0.29) is 0 Å². The van der Waals surface area contributed by atoms with Crippen LogP contribution in [0.3, 0.4) is 0 Å². The van der Waals surface area contributed by atoms with Crippen LogP contribution in [0.4, 0.5) is 24.1 Å². The molecule has 0 saturated heterocycles. The molecule has 3 N–H and O–H groups in total. The lowest BCUT2D eigenvalue weighted by atomic mass is 10.1. The highest BCUT2D eigenvalue weighted by Crippen LogP contribution is 2.28. The highest BCUT2D eigenvalue weighted by Gasteiger charge is 2.29. The molecule has 0 atom stereocenters. The van der Waals surface area contributed by atoms with Crippen LogP contribution in [-0.2, 0) is 6.18 Å². The van der Waals surface area contributed by atoms with Crippen LogP contribution in [0.5, 0.6) is 0 Å². The highest BCUT2D eigenvalue weighted by atomic mass is 32.1. The summed E-state index contributed by atoms with van der Waals surface area (Å²) < 4.78 is 37.0. The average molecular weight is 286 g/mol. The molecule has 0 aliphatic carbocycles. The van der Waals surface area contributed by atoms with Crippen LogP contribution in [0.1, 0.15) is 11.1 Å². The Kier molecular flexibility index (Phi) is 3.70. The second kappa shape index (κ2) is 5.27. The summed E-state index contributed by atoms with van der Waals surface area (Å²) in [6.07, 6.45) is -2.93. The summed E-state index contributed by atoms with van der Waals surface area (Å²) in [5.74, 6) is 0.386. The molecule has 19 heavy (non-hydrogen) atoms. The molecule has 100 valence electrons. The Bertz CT molecular complexity index is 574. The first-order valence-corrected chi connectivity index (χ1v) is 6.00. The smallest absolute Gasteiger partial charge is 0.383 e. The predicted molar refractivity (Wildman–Crippen MR) is 69.2 cm³/mol. The first-order chi connectivity index (χ1) is 8.95. The van der Waals surface area contributed by atoms with Crippen molar-refractivity contribution in [2.24, 2.45) is 5.10 Å². The van der Waals surface area contributed by atoms with Crippen molar-refractivity contribution in [1.29, 1.82) is 0 Å². The van der Waals surface area contributed by atoms with E-state index in [0.717, 1.165) is 12.1 Å². The molecule has 0 aliphatic rings. The zero-order valence-electron chi connectivity index (χ0n) is 9.48. The number of benzene rings is 1. The number of nitrogens with zero attached hydrogens (tertiary/aromatic N) is 2. The molecule has 2 rings (SSSR count). The Morgan fingerprint density at radius 1 is 1.26 bits per heavy atom. The van der Waals surface area contributed by atoms with Gasteiger partial charge in [0.25, 0.3) is 0 Å². The number of aromatic nitrogens is 1. The summed E-state index contributed by atoms with van der Waals surface area (Å²) in [5, 5.41) is 6.02. The maximum Gasteiger partial charge on any atom is 0.416 e. The number of anilines is 2. The van der Waals surface area contributed by atoms with E-state index in [0.29, 0.717) is 16.5 Å². The van der Waals surface area contributed by atoms with Crippen LogP contribution in [0.2, 0.25) is 0 Å². The van der Waals surface area contributed by atoms with E-state index in [1.54, 1.807) is 5.38 Å². The maximum absolute atomic E-state index is 12.3. The van der Waals surface area contributed by atoms with Gasteiger partial charge in [-0.15, -0.1) is 11.3 Å². The van der Waals surface area contributed by atoms with Crippen molar-refractivity contribution >= 4 is 28.5 Å². The number of nitrogen functional groups attached to an aromatic ring is 1. The molecular formula is C11H9F3N4S. The molecule has 0 saturated carbocycles. The quantitative estimate of drug-likeness (QED) is 0.673. The lowest BCUT2D eigenvalue weighted by Gasteiger charge is -2.05. The molecule has 2 aromatic rings. The maximum atomic E-state index is 12.3. The van der Waals surface area contributed by atoms with Crippen LogP contribution in [-0.4, -0.2) is 11.2 Å². The molecule has 4 nitrogen and oxygen atoms in total. The van der Waals surface area contributed by atoms with Crippen LogP contribution in [0, 0.1) is 0 Å². The van der Waals surface area contributed by atoms with Gasteiger partial charge < -0.3 is 5.73 Å². The lowest BCUT2D eigenvalue weighted by molar-refractivity contribution is -0.137. The topological polar surface area (TPSA) is 63.3 Å². The normalized spacial score (nSPS) is 11.9. The third-order valence-electron chi connectivity index (χ3n) is 2.13. The fraction of sp³-hybridized carbons (Fsp3) is 0.0909. The molecule has 0 unspecified atom stereocenters. The number of hydrogen-bond donors (Lipinski definition) is 2. The monoisotopic (exact) mass is 286 g/mol. The Morgan fingerprint density at radius 2 is 1.95 bits per heavy atom. The summed E-state index contributed by atoms with van der Waals surface area (Å²) >= 11 is 1.28. The van der Waals surface area contributed by atoms with Gasteiger partial charge >= 0.3 is 6.18 Å². The summed E-state index contributed by atoms with van der Waals surface area (Å²) in [6.45, 7) is 0. The van der Waals surface area contributed by atoms with E-state index in [1.807, 2.05) is 0 Å². The summed E-state index contributed by atoms with van der Waals surface area (Å²) in [5.41, 5.74) is 7.91. The standard InChI is InChI=1S/C11H9F3N4S/c12-11(13,14)8-3-1-7(2-4-8)5-16-18-10-17-9(15)6-19-10/h1-6H,15H2,(H,17,18). The van der Waals surface area contributed by atoms with Crippen molar-refractivity contribution in [3.8, 4) is 0 Å². The molecule has 1 aromatic heterocycles. The second-order valence-corrected chi connectivity index (χ2v) is 4.43. The first-order valence-electron chi connectivity index (χ1n) is 5.12. The van der Waals surface area contributed by atoms with Gasteiger partial charge in [-0.05, 0) is 17.7 Å². The molecule has 0 fully saturated rings. The number of halogens is 3. The van der Waals surface area contributed by atoms with Gasteiger partial charge in [0.15, 0.2) is 0 Å². The minimum atomic E-state index is -4.33. The zero-order chi connectivity index (χ0) is 13.9. The average Bonchev–Trinajstić information content (AvgIpc) is 2.75. The van der Waals surface area contributed by atoms with Crippen LogP contribution in [0.25, 0.3) is 0 Å². The number of hydrogen-bond acceptors (Lipinski definition) is 5. The Morgan fingerprint density at radius 3 is 2.47 bits per heavy atom. The first kappa shape index (κ1) is 13.3. The van der Waals surface area contributed by atoms with E-state index in [1.165, 1.54) is 29.7 Å². The van der Waals surface area contributed by atoms with Crippen molar-refractivity contribution in [3.05, 3.63) is 40.8 Å². The highest BCUT2D eigenvalue weighted by molar-refractivity contribution is 7.14. The molecule has 0 amide bonds. The minimum Gasteiger partial charge on any atom is -0.383 e. The minimum absolute atomic E-state index is 0.386. The third-order valence-corrected chi connectivity index (χ3v) is 2.90. The Hall–Kier alpha value is -2.09. The molecule has 0 radical (unpaired) electrons. The Labute approximate surface area is 110 Å². The van der Waals surface area contributed by atoms with E-state index >= 15 is 0 Å². The number of thiazole rings is 1. The van der Waals surface area contributed by atoms with Crippen LogP contribution >= 0.6 is 11.3 Å². The van der Waals surface area contributed by atoms with Crippen molar-refractivity contribution in [2.75, 3.05) is 11.2 Å². The van der Waals surface area contributed by atoms with Crippen molar-refractivity contribution in [2.45, 2.75) is 6.18 Å². The second-order valence-electron chi connectivity index (χ2n) is 3.57. The van der Waals surface area contributed by atoms with Gasteiger partial charge in [-0.3, -0.25) is 5.43 Å². The van der Waals surface area contributed by atoms with Gasteiger partial charge in [-0.1, -0.05) is 12.1 Å². The molecular weight excluding hydrogens is 277 g/mol. The van der Waals surface area contributed by atoms with E-state index in [2.05, 4.69) is 15.5 Å². The fourth-order valence-corrected chi connectivity index (χ4v) is 1.81. The number of alkyl halides is 3. The van der Waals surface area contributed by atoms with Crippen LogP contribution < -0.4 is 11.2 Å². The number of nitrogens with two attached hydrogens (primary N) is 1. The summed E-state index contributed by atoms with van der Waals surface area (Å²) in [4.78, 5) is 3.91. The van der Waals surface area contributed by atoms with Crippen LogP contribution in [0.15, 0.2) is 34.7 Å². The van der Waals surface area contributed by atoms with Crippen molar-refractivity contribution in [3.63, 3.8) is 0 Å². The molecule has 0 bridgehead atoms.